The molecule has 0 unspecified atom stereocenters. The van der Waals surface area contributed by atoms with Crippen LogP contribution in [0.25, 0.3) is 0 Å². The largest absolute Gasteiger partial charge is 0.463 e. The fourth-order valence-electron chi connectivity index (χ4n) is 1.36. The predicted octanol–water partition coefficient (Wildman–Crippen LogP) is -2.42. The summed E-state index contributed by atoms with van der Waals surface area (Å²) in [4.78, 5) is 37.9. The van der Waals surface area contributed by atoms with Crippen LogP contribution >= 0.6 is 21.6 Å². The standard InChI is InChI=1S/C12H20N8O4S2/c1-14-7(13)10(21)15-3-5-25-26-6-4-16-11(22)8-17-19-9(20-18-8)12(23)24-2/h3-6H2,1-2H3,(H2,13,14)(H,15,21)(H,16,22)(H,17,18)(H,19,20). The lowest BCUT2D eigenvalue weighted by molar-refractivity contribution is -0.133. The highest BCUT2D eigenvalue weighted by Gasteiger charge is 2.19. The van der Waals surface area contributed by atoms with Gasteiger partial charge in [0.05, 0.1) is 7.11 Å². The molecule has 0 spiro atoms. The summed E-state index contributed by atoms with van der Waals surface area (Å²) < 4.78 is 4.45. The van der Waals surface area contributed by atoms with Crippen LogP contribution in [0.4, 0.5) is 0 Å². The third kappa shape index (κ3) is 7.60. The van der Waals surface area contributed by atoms with Gasteiger partial charge in [-0.3, -0.25) is 25.4 Å². The molecule has 0 atom stereocenters. The number of methoxy groups -OCH3 is 1. The normalized spacial score (nSPS) is 13.5. The van der Waals surface area contributed by atoms with Gasteiger partial charge < -0.3 is 21.1 Å². The van der Waals surface area contributed by atoms with Crippen molar-refractivity contribution in [3.8, 4) is 0 Å². The fraction of sp³-hybridized carbons (Fsp3) is 0.500. The second kappa shape index (κ2) is 12.0. The second-order valence-corrected chi connectivity index (χ2v) is 7.10. The molecular formula is C12H20N8O4S2. The zero-order valence-electron chi connectivity index (χ0n) is 14.2. The summed E-state index contributed by atoms with van der Waals surface area (Å²) in [6.07, 6.45) is 0. The van der Waals surface area contributed by atoms with E-state index in [-0.39, 0.29) is 17.5 Å². The first-order chi connectivity index (χ1) is 12.5. The fourth-order valence-corrected chi connectivity index (χ4v) is 3.18. The number of aliphatic imine (C=N–C) groups is 1. The van der Waals surface area contributed by atoms with Crippen molar-refractivity contribution in [1.82, 2.24) is 21.5 Å². The van der Waals surface area contributed by atoms with Crippen LogP contribution in [0.2, 0.25) is 0 Å². The number of nitrogens with two attached hydrogens (primary N) is 1. The average Bonchev–Trinajstić information content (AvgIpc) is 2.68. The number of amidine groups is 3. The van der Waals surface area contributed by atoms with E-state index in [9.17, 15) is 14.4 Å². The molecule has 14 heteroatoms. The number of nitrogens with one attached hydrogen (secondary N) is 4. The highest BCUT2D eigenvalue weighted by molar-refractivity contribution is 8.76. The van der Waals surface area contributed by atoms with Crippen molar-refractivity contribution < 1.29 is 19.1 Å². The molecule has 0 aromatic carbocycles. The van der Waals surface area contributed by atoms with Gasteiger partial charge in [0.1, 0.15) is 0 Å². The molecule has 0 bridgehead atoms. The van der Waals surface area contributed by atoms with Gasteiger partial charge in [0, 0.05) is 31.6 Å². The first-order valence-electron chi connectivity index (χ1n) is 7.28. The minimum absolute atomic E-state index is 0.0536. The van der Waals surface area contributed by atoms with Crippen molar-refractivity contribution in [2.75, 3.05) is 38.8 Å². The van der Waals surface area contributed by atoms with Crippen molar-refractivity contribution in [1.29, 1.82) is 0 Å². The molecule has 6 N–H and O–H groups in total. The zero-order valence-corrected chi connectivity index (χ0v) is 15.8. The molecule has 1 aliphatic heterocycles. The SMILES string of the molecule is CN=C(N)C(=O)NCCSSCCNC(=O)C1=NNC(C(=O)OC)=NN1. The number of hydrogen-bond donors (Lipinski definition) is 5. The summed E-state index contributed by atoms with van der Waals surface area (Å²) >= 11 is 0. The van der Waals surface area contributed by atoms with E-state index in [1.165, 1.54) is 25.0 Å². The molecule has 144 valence electrons. The average molecular weight is 404 g/mol. The summed E-state index contributed by atoms with van der Waals surface area (Å²) in [7, 11) is 5.74. The Labute approximate surface area is 157 Å². The lowest BCUT2D eigenvalue weighted by Gasteiger charge is -2.13. The van der Waals surface area contributed by atoms with Crippen LogP contribution in [-0.2, 0) is 19.1 Å². The number of hydrazone groups is 2. The van der Waals surface area contributed by atoms with Crippen molar-refractivity contribution in [3.05, 3.63) is 0 Å². The number of amides is 2. The summed E-state index contributed by atoms with van der Waals surface area (Å²) in [6.45, 7) is 0.874. The molecule has 0 aliphatic carbocycles. The van der Waals surface area contributed by atoms with E-state index < -0.39 is 17.8 Å². The van der Waals surface area contributed by atoms with Crippen LogP contribution in [0.1, 0.15) is 0 Å². The molecule has 0 fully saturated rings. The van der Waals surface area contributed by atoms with Crippen LogP contribution < -0.4 is 27.2 Å². The van der Waals surface area contributed by atoms with E-state index in [1.54, 1.807) is 10.8 Å². The van der Waals surface area contributed by atoms with E-state index in [0.29, 0.717) is 24.6 Å². The summed E-state index contributed by atoms with van der Waals surface area (Å²) in [5.74, 6) is -0.472. The molecule has 1 aliphatic rings. The third-order valence-corrected chi connectivity index (χ3v) is 5.05. The first-order valence-corrected chi connectivity index (χ1v) is 9.77. The number of nitrogens with zero attached hydrogens (tertiary/aromatic N) is 3. The lowest BCUT2D eigenvalue weighted by Crippen LogP contribution is -2.46. The van der Waals surface area contributed by atoms with Gasteiger partial charge in [0.15, 0.2) is 5.84 Å². The molecule has 26 heavy (non-hydrogen) atoms. The molecule has 0 radical (unpaired) electrons. The highest BCUT2D eigenvalue weighted by Crippen LogP contribution is 2.19. The number of esters is 1. The van der Waals surface area contributed by atoms with Crippen molar-refractivity contribution in [2.24, 2.45) is 20.9 Å². The van der Waals surface area contributed by atoms with Crippen LogP contribution in [0.15, 0.2) is 15.2 Å². The second-order valence-electron chi connectivity index (χ2n) is 4.40. The van der Waals surface area contributed by atoms with Gasteiger partial charge >= 0.3 is 5.97 Å². The summed E-state index contributed by atoms with van der Waals surface area (Å²) in [5, 5.41) is 12.6. The van der Waals surface area contributed by atoms with Crippen LogP contribution in [-0.4, -0.2) is 74.0 Å². The Kier molecular flexibility index (Phi) is 9.93. The van der Waals surface area contributed by atoms with E-state index >= 15 is 0 Å². The molecule has 0 saturated heterocycles. The van der Waals surface area contributed by atoms with Crippen LogP contribution in [0.3, 0.4) is 0 Å². The topological polar surface area (TPSA) is 172 Å². The number of rotatable bonds is 9. The van der Waals surface area contributed by atoms with E-state index in [2.05, 4.69) is 41.4 Å². The minimum Gasteiger partial charge on any atom is -0.463 e. The molecule has 2 amide bonds. The molecule has 0 aromatic rings. The Morgan fingerprint density at radius 1 is 1.12 bits per heavy atom. The van der Waals surface area contributed by atoms with E-state index in [4.69, 9.17) is 5.73 Å². The molecule has 0 saturated carbocycles. The molecule has 0 aromatic heterocycles. The maximum absolute atomic E-state index is 11.8. The summed E-state index contributed by atoms with van der Waals surface area (Å²) in [5.41, 5.74) is 10.0. The Bertz CT molecular complexity index is 622. The Hall–Kier alpha value is -2.48. The molecule has 12 nitrogen and oxygen atoms in total. The quantitative estimate of drug-likeness (QED) is 0.0921. The lowest BCUT2D eigenvalue weighted by atomic mass is 10.5. The van der Waals surface area contributed by atoms with E-state index in [1.807, 2.05) is 0 Å². The minimum atomic E-state index is -0.699. The van der Waals surface area contributed by atoms with Crippen molar-refractivity contribution >= 4 is 56.9 Å². The van der Waals surface area contributed by atoms with Gasteiger partial charge in [-0.15, -0.1) is 10.2 Å². The van der Waals surface area contributed by atoms with Gasteiger partial charge in [-0.1, -0.05) is 21.6 Å². The molecule has 1 heterocycles. The van der Waals surface area contributed by atoms with Gasteiger partial charge in [-0.25, -0.2) is 4.79 Å². The van der Waals surface area contributed by atoms with Gasteiger partial charge in [0.25, 0.3) is 17.6 Å². The zero-order chi connectivity index (χ0) is 19.4. The Balaban J connectivity index is 2.08. The van der Waals surface area contributed by atoms with Gasteiger partial charge in [-0.05, 0) is 0 Å². The van der Waals surface area contributed by atoms with Crippen molar-refractivity contribution in [2.45, 2.75) is 0 Å². The molecule has 1 rings (SSSR count). The van der Waals surface area contributed by atoms with Crippen LogP contribution in [0.5, 0.6) is 0 Å². The first kappa shape index (κ1) is 21.6. The monoisotopic (exact) mass is 404 g/mol. The number of hydrogen-bond acceptors (Lipinski definition) is 11. The molecular weight excluding hydrogens is 384 g/mol. The number of carbonyl (C=O) groups is 3. The van der Waals surface area contributed by atoms with E-state index in [0.717, 1.165) is 0 Å². The van der Waals surface area contributed by atoms with Crippen LogP contribution in [0, 0.1) is 0 Å². The number of carbonyl (C=O) groups excluding carboxylic acids is 3. The maximum Gasteiger partial charge on any atom is 0.377 e. The van der Waals surface area contributed by atoms with Gasteiger partial charge in [-0.2, -0.15) is 0 Å². The third-order valence-electron chi connectivity index (χ3n) is 2.64. The highest BCUT2D eigenvalue weighted by atomic mass is 33.1. The maximum atomic E-state index is 11.8. The smallest absolute Gasteiger partial charge is 0.377 e. The number of ether oxygens (including phenoxy) is 1. The predicted molar refractivity (Wildman–Crippen MR) is 102 cm³/mol. The van der Waals surface area contributed by atoms with Crippen molar-refractivity contribution in [3.63, 3.8) is 0 Å². The Morgan fingerprint density at radius 3 is 2.23 bits per heavy atom. The Morgan fingerprint density at radius 2 is 1.69 bits per heavy atom. The summed E-state index contributed by atoms with van der Waals surface area (Å²) in [6, 6.07) is 0. The van der Waals surface area contributed by atoms with Gasteiger partial charge in [0.2, 0.25) is 5.84 Å².